The first-order valence-corrected chi connectivity index (χ1v) is 7.45. The molecule has 1 atom stereocenters. The lowest BCUT2D eigenvalue weighted by atomic mass is 10.0. The molecule has 1 heterocycles. The molecule has 5 heteroatoms. The predicted octanol–water partition coefficient (Wildman–Crippen LogP) is 3.38. The Hall–Kier alpha value is -0.420. The van der Waals surface area contributed by atoms with Gasteiger partial charge in [-0.25, -0.2) is 4.98 Å². The van der Waals surface area contributed by atoms with Gasteiger partial charge in [0.1, 0.15) is 5.69 Å². The number of nitrogens with one attached hydrogen (secondary N) is 1. The van der Waals surface area contributed by atoms with E-state index in [4.69, 9.17) is 0 Å². The van der Waals surface area contributed by atoms with E-state index in [0.717, 1.165) is 16.2 Å². The Morgan fingerprint density at radius 3 is 2.76 bits per heavy atom. The maximum absolute atomic E-state index is 12.0. The van der Waals surface area contributed by atoms with E-state index in [0.29, 0.717) is 11.6 Å². The Balaban J connectivity index is 2.74. The van der Waals surface area contributed by atoms with Crippen LogP contribution in [0.25, 0.3) is 0 Å². The maximum Gasteiger partial charge on any atom is 0.271 e. The minimum atomic E-state index is -0.128. The summed E-state index contributed by atoms with van der Waals surface area (Å²) < 4.78 is 0.721. The summed E-state index contributed by atoms with van der Waals surface area (Å²) in [5.41, 5.74) is 0.438. The Morgan fingerprint density at radius 1 is 1.53 bits per heavy atom. The van der Waals surface area contributed by atoms with Gasteiger partial charge in [-0.3, -0.25) is 4.79 Å². The third-order valence-electron chi connectivity index (χ3n) is 2.51. The molecule has 1 aromatic heterocycles. The smallest absolute Gasteiger partial charge is 0.271 e. The van der Waals surface area contributed by atoms with Gasteiger partial charge in [0.05, 0.1) is 0 Å². The van der Waals surface area contributed by atoms with Gasteiger partial charge in [0.25, 0.3) is 5.91 Å². The van der Waals surface area contributed by atoms with Crippen molar-refractivity contribution in [3.8, 4) is 0 Å². The number of aromatic nitrogens is 1. The first kappa shape index (κ1) is 14.6. The quantitative estimate of drug-likeness (QED) is 0.814. The van der Waals surface area contributed by atoms with Crippen molar-refractivity contribution in [1.82, 2.24) is 10.3 Å². The fourth-order valence-corrected chi connectivity index (χ4v) is 2.41. The van der Waals surface area contributed by atoms with Crippen LogP contribution in [-0.2, 0) is 0 Å². The Labute approximate surface area is 119 Å². The van der Waals surface area contributed by atoms with Crippen molar-refractivity contribution in [3.05, 3.63) is 28.5 Å². The second-order valence-corrected chi connectivity index (χ2v) is 5.78. The third kappa shape index (κ3) is 4.39. The number of carbonyl (C=O) groups is 1. The summed E-state index contributed by atoms with van der Waals surface area (Å²) in [6.07, 6.45) is 2.53. The van der Waals surface area contributed by atoms with E-state index >= 15 is 0 Å². The van der Waals surface area contributed by atoms with E-state index in [1.54, 1.807) is 12.3 Å². The van der Waals surface area contributed by atoms with Crippen LogP contribution in [0.5, 0.6) is 0 Å². The molecule has 0 saturated heterocycles. The van der Waals surface area contributed by atoms with Crippen molar-refractivity contribution in [3.63, 3.8) is 0 Å². The molecule has 0 bridgehead atoms. The summed E-state index contributed by atoms with van der Waals surface area (Å²) in [6, 6.07) is 3.77. The molecule has 17 heavy (non-hydrogen) atoms. The molecular weight excluding hydrogens is 348 g/mol. The van der Waals surface area contributed by atoms with Gasteiger partial charge in [-0.1, -0.05) is 29.8 Å². The minimum absolute atomic E-state index is 0.128. The minimum Gasteiger partial charge on any atom is -0.348 e. The van der Waals surface area contributed by atoms with Gasteiger partial charge in [0.15, 0.2) is 0 Å². The molecule has 3 nitrogen and oxygen atoms in total. The van der Waals surface area contributed by atoms with Gasteiger partial charge in [-0.2, -0.15) is 0 Å². The average molecular weight is 364 g/mol. The summed E-state index contributed by atoms with van der Waals surface area (Å²) >= 11 is 6.73. The van der Waals surface area contributed by atoms with Crippen LogP contribution in [0.3, 0.4) is 0 Å². The van der Waals surface area contributed by atoms with Crippen molar-refractivity contribution in [2.75, 3.05) is 5.33 Å². The molecule has 1 unspecified atom stereocenters. The molecule has 0 saturated carbocycles. The van der Waals surface area contributed by atoms with Gasteiger partial charge >= 0.3 is 0 Å². The van der Waals surface area contributed by atoms with Crippen molar-refractivity contribution in [2.24, 2.45) is 5.92 Å². The molecule has 0 aliphatic carbocycles. The van der Waals surface area contributed by atoms with Crippen LogP contribution in [-0.4, -0.2) is 22.3 Å². The second-order valence-electron chi connectivity index (χ2n) is 4.14. The monoisotopic (exact) mass is 362 g/mol. The molecule has 1 N–H and O–H groups in total. The van der Waals surface area contributed by atoms with Crippen LogP contribution >= 0.6 is 31.9 Å². The molecule has 94 valence electrons. The molecule has 1 aromatic rings. The molecule has 0 aliphatic heterocycles. The molecular formula is C12H16Br2N2O. The summed E-state index contributed by atoms with van der Waals surface area (Å²) in [5.74, 6) is 0.274. The fraction of sp³-hybridized carbons (Fsp3) is 0.500. The summed E-state index contributed by atoms with van der Waals surface area (Å²) in [6.45, 7) is 4.20. The van der Waals surface area contributed by atoms with E-state index in [1.165, 1.54) is 0 Å². The van der Waals surface area contributed by atoms with Crippen LogP contribution in [0.4, 0.5) is 0 Å². The lowest BCUT2D eigenvalue weighted by Crippen LogP contribution is -2.39. The largest absolute Gasteiger partial charge is 0.348 e. The number of amides is 1. The number of alkyl halides is 1. The SMILES string of the molecule is CC(C)C(CCBr)NC(=O)c1ncccc1Br. The molecule has 0 spiro atoms. The zero-order valence-electron chi connectivity index (χ0n) is 9.91. The predicted molar refractivity (Wildman–Crippen MR) is 76.4 cm³/mol. The average Bonchev–Trinajstić information content (AvgIpc) is 2.28. The number of hydrogen-bond acceptors (Lipinski definition) is 2. The molecule has 0 aromatic carbocycles. The second kappa shape index (κ2) is 7.11. The van der Waals surface area contributed by atoms with E-state index in [-0.39, 0.29) is 11.9 Å². The van der Waals surface area contributed by atoms with Gasteiger partial charge < -0.3 is 5.32 Å². The number of halogens is 2. The number of carbonyl (C=O) groups excluding carboxylic acids is 1. The van der Waals surface area contributed by atoms with E-state index < -0.39 is 0 Å². The van der Waals surface area contributed by atoms with E-state index in [2.05, 4.69) is 56.0 Å². The zero-order chi connectivity index (χ0) is 12.8. The van der Waals surface area contributed by atoms with Crippen LogP contribution < -0.4 is 5.32 Å². The van der Waals surface area contributed by atoms with E-state index in [1.807, 2.05) is 6.07 Å². The first-order chi connectivity index (χ1) is 8.06. The number of rotatable bonds is 5. The topological polar surface area (TPSA) is 42.0 Å². The van der Waals surface area contributed by atoms with Crippen molar-refractivity contribution < 1.29 is 4.79 Å². The third-order valence-corrected chi connectivity index (χ3v) is 3.61. The van der Waals surface area contributed by atoms with Crippen molar-refractivity contribution in [2.45, 2.75) is 26.3 Å². The highest BCUT2D eigenvalue weighted by Gasteiger charge is 2.18. The maximum atomic E-state index is 12.0. The van der Waals surface area contributed by atoms with Gasteiger partial charge in [0, 0.05) is 22.0 Å². The Morgan fingerprint density at radius 2 is 2.24 bits per heavy atom. The van der Waals surface area contributed by atoms with Gasteiger partial charge in [0.2, 0.25) is 0 Å². The number of nitrogens with zero attached hydrogens (tertiary/aromatic N) is 1. The summed E-state index contributed by atoms with van der Waals surface area (Å²) in [7, 11) is 0. The zero-order valence-corrected chi connectivity index (χ0v) is 13.1. The molecule has 0 aliphatic rings. The highest BCUT2D eigenvalue weighted by Crippen LogP contribution is 2.14. The lowest BCUT2D eigenvalue weighted by Gasteiger charge is -2.21. The number of pyridine rings is 1. The lowest BCUT2D eigenvalue weighted by molar-refractivity contribution is 0.0919. The molecule has 1 rings (SSSR count). The van der Waals surface area contributed by atoms with E-state index in [9.17, 15) is 4.79 Å². The molecule has 1 amide bonds. The van der Waals surface area contributed by atoms with Crippen molar-refractivity contribution in [1.29, 1.82) is 0 Å². The van der Waals surface area contributed by atoms with Crippen molar-refractivity contribution >= 4 is 37.8 Å². The van der Waals surface area contributed by atoms with Crippen LogP contribution in [0, 0.1) is 5.92 Å². The first-order valence-electron chi connectivity index (χ1n) is 5.53. The summed E-state index contributed by atoms with van der Waals surface area (Å²) in [5, 5.41) is 3.89. The normalized spacial score (nSPS) is 12.5. The molecule has 0 fully saturated rings. The Kier molecular flexibility index (Phi) is 6.12. The van der Waals surface area contributed by atoms with Gasteiger partial charge in [-0.15, -0.1) is 0 Å². The van der Waals surface area contributed by atoms with Crippen LogP contribution in [0.2, 0.25) is 0 Å². The molecule has 0 radical (unpaired) electrons. The van der Waals surface area contributed by atoms with Gasteiger partial charge in [-0.05, 0) is 40.4 Å². The Bertz CT molecular complexity index is 383. The highest BCUT2D eigenvalue weighted by atomic mass is 79.9. The van der Waals surface area contributed by atoms with Crippen LogP contribution in [0.15, 0.2) is 22.8 Å². The summed E-state index contributed by atoms with van der Waals surface area (Å²) in [4.78, 5) is 16.1. The number of hydrogen-bond donors (Lipinski definition) is 1. The fourth-order valence-electron chi connectivity index (χ4n) is 1.48. The standard InChI is InChI=1S/C12H16Br2N2O/c1-8(2)10(5-6-13)16-12(17)11-9(14)4-3-7-15-11/h3-4,7-8,10H,5-6H2,1-2H3,(H,16,17). The highest BCUT2D eigenvalue weighted by molar-refractivity contribution is 9.10. The van der Waals surface area contributed by atoms with Crippen LogP contribution in [0.1, 0.15) is 30.8 Å².